The second-order valence-corrected chi connectivity index (χ2v) is 9.91. The number of hydrogen-bond acceptors (Lipinski definition) is 8. The molecule has 0 radical (unpaired) electrons. The van der Waals surface area contributed by atoms with Crippen LogP contribution >= 0.6 is 23.2 Å². The van der Waals surface area contributed by atoms with Crippen LogP contribution in [0.4, 0.5) is 18.9 Å². The zero-order valence-electron chi connectivity index (χ0n) is 22.2. The summed E-state index contributed by atoms with van der Waals surface area (Å²) in [6, 6.07) is 5.68. The van der Waals surface area contributed by atoms with E-state index in [-0.39, 0.29) is 26.9 Å². The average Bonchev–Trinajstić information content (AvgIpc) is 3.16. The number of carbonyl (C=O) groups is 4. The van der Waals surface area contributed by atoms with Gasteiger partial charge in [-0.3, -0.25) is 19.4 Å². The highest BCUT2D eigenvalue weighted by Crippen LogP contribution is 2.36. The van der Waals surface area contributed by atoms with E-state index in [4.69, 9.17) is 33.1 Å². The summed E-state index contributed by atoms with van der Waals surface area (Å²) in [7, 11) is 0. The number of aliphatic carboxylic acids is 2. The zero-order valence-corrected chi connectivity index (χ0v) is 23.7. The van der Waals surface area contributed by atoms with Gasteiger partial charge < -0.3 is 36.4 Å². The zero-order chi connectivity index (χ0) is 32.3. The molecule has 1 aliphatic heterocycles. The molecule has 1 aliphatic rings. The normalized spacial score (nSPS) is 13.7. The number of amidine groups is 1. The van der Waals surface area contributed by atoms with Crippen molar-refractivity contribution in [1.29, 1.82) is 0 Å². The van der Waals surface area contributed by atoms with Gasteiger partial charge in [0.15, 0.2) is 0 Å². The van der Waals surface area contributed by atoms with Crippen LogP contribution in [0.15, 0.2) is 35.3 Å². The van der Waals surface area contributed by atoms with E-state index in [0.29, 0.717) is 12.2 Å². The molecule has 12 nitrogen and oxygen atoms in total. The van der Waals surface area contributed by atoms with Crippen LogP contribution < -0.4 is 16.0 Å². The molecule has 3 rings (SSSR count). The van der Waals surface area contributed by atoms with Crippen molar-refractivity contribution in [3.63, 3.8) is 0 Å². The molecule has 0 saturated heterocycles. The minimum atomic E-state index is -5.08. The summed E-state index contributed by atoms with van der Waals surface area (Å²) in [6.07, 6.45) is -1.78. The Morgan fingerprint density at radius 3 is 2.28 bits per heavy atom. The van der Waals surface area contributed by atoms with Crippen molar-refractivity contribution in [3.8, 4) is 11.5 Å². The quantitative estimate of drug-likeness (QED) is 0.215. The molecule has 0 bridgehead atoms. The molecule has 7 N–H and O–H groups in total. The number of carbonyl (C=O) groups excluding carboxylic acids is 2. The van der Waals surface area contributed by atoms with Crippen molar-refractivity contribution >= 4 is 58.5 Å². The molecule has 43 heavy (non-hydrogen) atoms. The third-order valence-corrected chi connectivity index (χ3v) is 6.15. The van der Waals surface area contributed by atoms with E-state index < -0.39 is 54.7 Å². The summed E-state index contributed by atoms with van der Waals surface area (Å²) < 4.78 is 31.7. The van der Waals surface area contributed by atoms with Crippen molar-refractivity contribution in [2.75, 3.05) is 18.4 Å². The molecule has 0 saturated carbocycles. The molecule has 0 aliphatic carbocycles. The maximum atomic E-state index is 12.6. The van der Waals surface area contributed by atoms with Gasteiger partial charge in [0, 0.05) is 40.9 Å². The number of alkyl halides is 3. The highest BCUT2D eigenvalue weighted by molar-refractivity contribution is 6.35. The lowest BCUT2D eigenvalue weighted by atomic mass is 10.0. The molecular weight excluding hydrogens is 624 g/mol. The molecule has 1 atom stereocenters. The molecule has 2 amide bonds. The van der Waals surface area contributed by atoms with Gasteiger partial charge in [-0.15, -0.1) is 0 Å². The summed E-state index contributed by atoms with van der Waals surface area (Å²) in [4.78, 5) is 49.8. The van der Waals surface area contributed by atoms with Crippen molar-refractivity contribution < 1.29 is 52.8 Å². The SMILES string of the molecule is O=C(O)C(F)(F)F.O=C(O)C[C@@H](NC(=O)CNC(=O)c1cc(O)cc(NC2=NCCCCC2)c1)c1cc(Cl)cc(Cl)c1O. The number of aliphatic imine (C=N–C) groups is 1. The van der Waals surface area contributed by atoms with Crippen molar-refractivity contribution in [2.45, 2.75) is 44.3 Å². The smallest absolute Gasteiger partial charge is 0.490 e. The minimum absolute atomic E-state index is 0.0275. The first-order valence-corrected chi connectivity index (χ1v) is 13.2. The monoisotopic (exact) mass is 650 g/mol. The highest BCUT2D eigenvalue weighted by atomic mass is 35.5. The van der Waals surface area contributed by atoms with Crippen molar-refractivity contribution in [1.82, 2.24) is 10.6 Å². The summed E-state index contributed by atoms with van der Waals surface area (Å²) in [5, 5.41) is 44.7. The van der Waals surface area contributed by atoms with E-state index in [0.717, 1.165) is 31.5 Å². The first kappa shape index (κ1) is 35.0. The lowest BCUT2D eigenvalue weighted by Crippen LogP contribution is -2.39. The highest BCUT2D eigenvalue weighted by Gasteiger charge is 2.38. The van der Waals surface area contributed by atoms with Crippen LogP contribution in [0.2, 0.25) is 10.0 Å². The molecule has 17 heteroatoms. The second-order valence-electron chi connectivity index (χ2n) is 9.06. The van der Waals surface area contributed by atoms with Crippen molar-refractivity contribution in [2.24, 2.45) is 4.99 Å². The fourth-order valence-electron chi connectivity index (χ4n) is 3.73. The molecule has 2 aromatic rings. The van der Waals surface area contributed by atoms with Crippen LogP contribution in [0.25, 0.3) is 0 Å². The number of carboxylic acid groups (broad SMARTS) is 2. The largest absolute Gasteiger partial charge is 0.508 e. The number of halogens is 5. The Morgan fingerprint density at radius 2 is 1.65 bits per heavy atom. The number of benzene rings is 2. The van der Waals surface area contributed by atoms with E-state index >= 15 is 0 Å². The van der Waals surface area contributed by atoms with E-state index in [1.807, 2.05) is 0 Å². The summed E-state index contributed by atoms with van der Waals surface area (Å²) in [5.74, 6) is -5.11. The number of phenols is 2. The Morgan fingerprint density at radius 1 is 0.977 bits per heavy atom. The van der Waals surface area contributed by atoms with Gasteiger partial charge in [0.05, 0.1) is 24.0 Å². The van der Waals surface area contributed by atoms with E-state index in [1.54, 1.807) is 0 Å². The number of amides is 2. The average molecular weight is 651 g/mol. The predicted octanol–water partition coefficient (Wildman–Crippen LogP) is 4.48. The Kier molecular flexibility index (Phi) is 12.9. The lowest BCUT2D eigenvalue weighted by Gasteiger charge is -2.19. The maximum Gasteiger partial charge on any atom is 0.490 e. The summed E-state index contributed by atoms with van der Waals surface area (Å²) >= 11 is 11.9. The Hall–Kier alpha value is -4.24. The number of phenolic OH excluding ortho intramolecular Hbond substituents is 2. The minimum Gasteiger partial charge on any atom is -0.508 e. The molecule has 1 heterocycles. The third kappa shape index (κ3) is 11.9. The van der Waals surface area contributed by atoms with Gasteiger partial charge in [0.25, 0.3) is 5.91 Å². The summed E-state index contributed by atoms with van der Waals surface area (Å²) in [5.41, 5.74) is 0.626. The molecule has 0 unspecified atom stereocenters. The number of nitrogens with zero attached hydrogens (tertiary/aromatic N) is 1. The third-order valence-electron chi connectivity index (χ3n) is 5.64. The van der Waals surface area contributed by atoms with E-state index in [1.165, 1.54) is 30.3 Å². The van der Waals surface area contributed by atoms with Gasteiger partial charge in [-0.1, -0.05) is 29.6 Å². The van der Waals surface area contributed by atoms with Gasteiger partial charge in [0.1, 0.15) is 17.3 Å². The topological polar surface area (TPSA) is 198 Å². The number of rotatable bonds is 8. The Balaban J connectivity index is 0.000000821. The number of carboxylic acids is 2. The molecular formula is C26H27Cl2F3N4O8. The molecule has 234 valence electrons. The van der Waals surface area contributed by atoms with E-state index in [9.17, 15) is 42.9 Å². The first-order chi connectivity index (χ1) is 20.1. The van der Waals surface area contributed by atoms with Gasteiger partial charge >= 0.3 is 18.1 Å². The van der Waals surface area contributed by atoms with Crippen LogP contribution in [0.1, 0.15) is 54.1 Å². The van der Waals surface area contributed by atoms with E-state index in [2.05, 4.69) is 20.9 Å². The standard InChI is InChI=1S/C24H26Cl2N4O6.C2HF3O2/c25-14-8-17(23(35)18(26)9-14)19(11-22(33)34)30-21(32)12-28-24(36)13-6-15(10-16(31)7-13)29-20-4-2-1-3-5-27-20;3-2(4,5)1(6)7/h6-10,19,31,35H,1-5,11-12H2,(H,27,29)(H,28,36)(H,30,32)(H,33,34);(H,6,7)/t19-;/m1./s1. The van der Waals surface area contributed by atoms with Crippen LogP contribution in [0, 0.1) is 0 Å². The van der Waals surface area contributed by atoms with Gasteiger partial charge in [-0.05, 0) is 37.1 Å². The molecule has 2 aromatic carbocycles. The maximum absolute atomic E-state index is 12.6. The lowest BCUT2D eigenvalue weighted by molar-refractivity contribution is -0.192. The molecule has 0 aromatic heterocycles. The number of aromatic hydroxyl groups is 2. The van der Waals surface area contributed by atoms with Crippen LogP contribution in [-0.4, -0.2) is 69.3 Å². The van der Waals surface area contributed by atoms with Crippen LogP contribution in [0.3, 0.4) is 0 Å². The molecule has 0 spiro atoms. The predicted molar refractivity (Wildman–Crippen MR) is 150 cm³/mol. The van der Waals surface area contributed by atoms with Crippen LogP contribution in [0.5, 0.6) is 11.5 Å². The number of anilines is 1. The van der Waals surface area contributed by atoms with Crippen molar-refractivity contribution in [3.05, 3.63) is 51.5 Å². The Bertz CT molecular complexity index is 1390. The fourth-order valence-corrected chi connectivity index (χ4v) is 4.24. The van der Waals surface area contributed by atoms with Gasteiger partial charge in [0.2, 0.25) is 5.91 Å². The fraction of sp³-hybridized carbons (Fsp3) is 0.346. The van der Waals surface area contributed by atoms with Gasteiger partial charge in [-0.25, -0.2) is 4.79 Å². The number of hydrogen-bond donors (Lipinski definition) is 7. The first-order valence-electron chi connectivity index (χ1n) is 12.5. The second kappa shape index (κ2) is 15.8. The Labute approximate surface area is 252 Å². The number of nitrogens with one attached hydrogen (secondary N) is 3. The van der Waals surface area contributed by atoms with Crippen LogP contribution in [-0.2, 0) is 14.4 Å². The van der Waals surface area contributed by atoms with Gasteiger partial charge in [-0.2, -0.15) is 13.2 Å². The summed E-state index contributed by atoms with van der Waals surface area (Å²) in [6.45, 7) is 0.223. The molecule has 0 fully saturated rings.